The van der Waals surface area contributed by atoms with Crippen molar-refractivity contribution in [3.63, 3.8) is 0 Å². The summed E-state index contributed by atoms with van der Waals surface area (Å²) in [6.45, 7) is 6.20. The quantitative estimate of drug-likeness (QED) is 0.861. The van der Waals surface area contributed by atoms with E-state index in [1.165, 1.54) is 0 Å². The number of hydrogen-bond acceptors (Lipinski definition) is 3. The molecule has 2 heterocycles. The third-order valence-electron chi connectivity index (χ3n) is 2.25. The fourth-order valence-electron chi connectivity index (χ4n) is 1.76. The van der Waals surface area contributed by atoms with Crippen molar-refractivity contribution in [2.24, 2.45) is 5.41 Å². The Balaban J connectivity index is 2.45. The van der Waals surface area contributed by atoms with E-state index in [1.807, 2.05) is 6.08 Å². The number of hydrogen-bond donors (Lipinski definition) is 1. The maximum Gasteiger partial charge on any atom is 0.271 e. The molecule has 0 amide bonds. The molecule has 0 spiro atoms. The monoisotopic (exact) mass is 291 g/mol. The van der Waals surface area contributed by atoms with E-state index >= 15 is 0 Å². The molecule has 0 bridgehead atoms. The van der Waals surface area contributed by atoms with E-state index < -0.39 is 10.0 Å². The first kappa shape index (κ1) is 12.9. The van der Waals surface area contributed by atoms with Gasteiger partial charge in [-0.2, -0.15) is 0 Å². The second-order valence-corrected chi connectivity index (χ2v) is 8.87. The first-order valence-corrected chi connectivity index (χ1v) is 7.88. The lowest BCUT2D eigenvalue weighted by Crippen LogP contribution is -2.28. The van der Waals surface area contributed by atoms with E-state index in [1.54, 1.807) is 6.07 Å². The normalized spacial score (nSPS) is 18.2. The molecule has 1 aromatic rings. The van der Waals surface area contributed by atoms with Crippen molar-refractivity contribution in [2.45, 2.75) is 31.4 Å². The van der Waals surface area contributed by atoms with Crippen molar-refractivity contribution >= 4 is 39.0 Å². The minimum Gasteiger partial charge on any atom is -0.283 e. The highest BCUT2D eigenvalue weighted by Crippen LogP contribution is 2.36. The van der Waals surface area contributed by atoms with Crippen molar-refractivity contribution in [1.82, 2.24) is 4.72 Å². The van der Waals surface area contributed by atoms with Gasteiger partial charge in [0.1, 0.15) is 4.21 Å². The molecular weight excluding hydrogens is 278 g/mol. The van der Waals surface area contributed by atoms with Gasteiger partial charge in [0.2, 0.25) is 0 Å². The molecule has 94 valence electrons. The number of thiophene rings is 1. The highest BCUT2D eigenvalue weighted by molar-refractivity contribution is 7.92. The van der Waals surface area contributed by atoms with Gasteiger partial charge in [-0.15, -0.1) is 11.3 Å². The van der Waals surface area contributed by atoms with Gasteiger partial charge in [0, 0.05) is 11.3 Å². The first-order chi connectivity index (χ1) is 7.67. The molecule has 2 rings (SSSR count). The van der Waals surface area contributed by atoms with Crippen LogP contribution in [-0.4, -0.2) is 8.42 Å². The molecule has 0 radical (unpaired) electrons. The highest BCUT2D eigenvalue weighted by atomic mass is 35.5. The van der Waals surface area contributed by atoms with Crippen molar-refractivity contribution in [3.8, 4) is 0 Å². The molecule has 1 aromatic heterocycles. The Morgan fingerprint density at radius 1 is 1.41 bits per heavy atom. The minimum absolute atomic E-state index is 0.0334. The Hall–Kier alpha value is -0.520. The van der Waals surface area contributed by atoms with E-state index in [0.717, 1.165) is 17.0 Å². The van der Waals surface area contributed by atoms with Gasteiger partial charge in [-0.25, -0.2) is 8.42 Å². The predicted molar refractivity (Wildman–Crippen MR) is 71.7 cm³/mol. The van der Waals surface area contributed by atoms with Crippen LogP contribution in [0.1, 0.15) is 32.8 Å². The Bertz CT molecular complexity index is 579. The summed E-state index contributed by atoms with van der Waals surface area (Å²) < 4.78 is 27.4. The summed E-state index contributed by atoms with van der Waals surface area (Å²) in [5.74, 6) is 0. The van der Waals surface area contributed by atoms with Gasteiger partial charge < -0.3 is 0 Å². The zero-order valence-corrected chi connectivity index (χ0v) is 12.3. The molecule has 1 N–H and O–H groups in total. The maximum absolute atomic E-state index is 12.0. The lowest BCUT2D eigenvalue weighted by atomic mass is 9.90. The average Bonchev–Trinajstić information content (AvgIpc) is 2.41. The molecule has 3 nitrogen and oxygen atoms in total. The number of halogens is 1. The van der Waals surface area contributed by atoms with Crippen LogP contribution >= 0.6 is 22.9 Å². The number of sulfonamides is 1. The standard InChI is InChI=1S/C11H14ClNO2S2/c1-11(2,3)6-8-4-7-5-9(12)16-10(7)17(14,15)13-8/h4-5,13H,6H2,1-3H3. The summed E-state index contributed by atoms with van der Waals surface area (Å²) in [5.41, 5.74) is 1.45. The van der Waals surface area contributed by atoms with E-state index in [4.69, 9.17) is 11.6 Å². The van der Waals surface area contributed by atoms with Crippen LogP contribution in [0.15, 0.2) is 16.0 Å². The number of nitrogens with one attached hydrogen (secondary N) is 1. The van der Waals surface area contributed by atoms with Crippen LogP contribution in [-0.2, 0) is 10.0 Å². The molecule has 0 atom stereocenters. The Kier molecular flexibility index (Phi) is 3.04. The molecule has 0 aromatic carbocycles. The third-order valence-corrected chi connectivity index (χ3v) is 5.49. The highest BCUT2D eigenvalue weighted by Gasteiger charge is 2.28. The van der Waals surface area contributed by atoms with Gasteiger partial charge >= 0.3 is 0 Å². The van der Waals surface area contributed by atoms with Gasteiger partial charge in [0.05, 0.1) is 4.34 Å². The van der Waals surface area contributed by atoms with Crippen LogP contribution in [0.2, 0.25) is 4.34 Å². The molecule has 0 aliphatic carbocycles. The van der Waals surface area contributed by atoms with Crippen LogP contribution < -0.4 is 4.72 Å². The first-order valence-electron chi connectivity index (χ1n) is 5.20. The fourth-order valence-corrected chi connectivity index (χ4v) is 4.68. The van der Waals surface area contributed by atoms with E-state index in [0.29, 0.717) is 20.5 Å². The predicted octanol–water partition coefficient (Wildman–Crippen LogP) is 3.47. The lowest BCUT2D eigenvalue weighted by Gasteiger charge is -2.23. The van der Waals surface area contributed by atoms with Gasteiger partial charge in [-0.3, -0.25) is 4.72 Å². The molecule has 6 heteroatoms. The van der Waals surface area contributed by atoms with Crippen molar-refractivity contribution in [2.75, 3.05) is 0 Å². The van der Waals surface area contributed by atoms with Gasteiger partial charge in [-0.05, 0) is 24.0 Å². The molecule has 1 aliphatic heterocycles. The summed E-state index contributed by atoms with van der Waals surface area (Å²) in [6.07, 6.45) is 2.54. The topological polar surface area (TPSA) is 46.2 Å². The number of rotatable bonds is 1. The van der Waals surface area contributed by atoms with Crippen LogP contribution in [0.25, 0.3) is 6.08 Å². The average molecular weight is 292 g/mol. The van der Waals surface area contributed by atoms with Crippen LogP contribution in [0.5, 0.6) is 0 Å². The van der Waals surface area contributed by atoms with E-state index in [9.17, 15) is 8.42 Å². The molecule has 0 unspecified atom stereocenters. The lowest BCUT2D eigenvalue weighted by molar-refractivity contribution is 0.405. The smallest absolute Gasteiger partial charge is 0.271 e. The summed E-state index contributed by atoms with van der Waals surface area (Å²) in [7, 11) is -3.43. The zero-order valence-electron chi connectivity index (χ0n) is 9.87. The van der Waals surface area contributed by atoms with E-state index in [-0.39, 0.29) is 5.41 Å². The molecule has 0 saturated carbocycles. The Morgan fingerprint density at radius 2 is 2.06 bits per heavy atom. The molecule has 0 fully saturated rings. The second-order valence-electron chi connectivity index (χ2n) is 5.31. The summed E-state index contributed by atoms with van der Waals surface area (Å²) in [5, 5.41) is 0. The second kappa shape index (κ2) is 4.00. The maximum atomic E-state index is 12.0. The van der Waals surface area contributed by atoms with Crippen molar-refractivity contribution < 1.29 is 8.42 Å². The Labute approximate surface area is 111 Å². The number of fused-ring (bicyclic) bond motifs is 1. The van der Waals surface area contributed by atoms with Crippen LogP contribution in [0.3, 0.4) is 0 Å². The molecule has 17 heavy (non-hydrogen) atoms. The van der Waals surface area contributed by atoms with Crippen LogP contribution in [0, 0.1) is 5.41 Å². The molecule has 1 aliphatic rings. The zero-order chi connectivity index (χ0) is 12.8. The molecular formula is C11H14ClNO2S2. The summed E-state index contributed by atoms with van der Waals surface area (Å²) in [4.78, 5) is 0. The van der Waals surface area contributed by atoms with Crippen molar-refractivity contribution in [1.29, 1.82) is 0 Å². The van der Waals surface area contributed by atoms with Gasteiger partial charge in [0.15, 0.2) is 0 Å². The number of allylic oxidation sites excluding steroid dienone is 1. The Morgan fingerprint density at radius 3 is 2.65 bits per heavy atom. The molecule has 0 saturated heterocycles. The summed E-state index contributed by atoms with van der Waals surface area (Å²) >= 11 is 6.94. The van der Waals surface area contributed by atoms with Gasteiger partial charge in [0.25, 0.3) is 10.0 Å². The van der Waals surface area contributed by atoms with Gasteiger partial charge in [-0.1, -0.05) is 32.4 Å². The fraction of sp³-hybridized carbons (Fsp3) is 0.455. The largest absolute Gasteiger partial charge is 0.283 e. The van der Waals surface area contributed by atoms with Crippen LogP contribution in [0.4, 0.5) is 0 Å². The summed E-state index contributed by atoms with van der Waals surface area (Å²) in [6, 6.07) is 1.70. The van der Waals surface area contributed by atoms with E-state index in [2.05, 4.69) is 25.5 Å². The minimum atomic E-state index is -3.43. The van der Waals surface area contributed by atoms with Crippen molar-refractivity contribution in [3.05, 3.63) is 21.7 Å². The SMILES string of the molecule is CC(C)(C)CC1=Cc2cc(Cl)sc2S(=O)(=O)N1. The third kappa shape index (κ3) is 2.84.